The SMILES string of the molecule is O=C(OCC1CCOCC1)c1cnc2cnccc2c1. The van der Waals surface area contributed by atoms with Crippen LogP contribution >= 0.6 is 0 Å². The van der Waals surface area contributed by atoms with Crippen LogP contribution in [0.25, 0.3) is 10.9 Å². The summed E-state index contributed by atoms with van der Waals surface area (Å²) in [7, 11) is 0. The highest BCUT2D eigenvalue weighted by molar-refractivity contribution is 5.93. The van der Waals surface area contributed by atoms with Crippen LogP contribution in [-0.4, -0.2) is 35.8 Å². The summed E-state index contributed by atoms with van der Waals surface area (Å²) >= 11 is 0. The summed E-state index contributed by atoms with van der Waals surface area (Å²) in [6.07, 6.45) is 6.80. The summed E-state index contributed by atoms with van der Waals surface area (Å²) in [5.74, 6) is 0.0908. The van der Waals surface area contributed by atoms with Gasteiger partial charge in [0.1, 0.15) is 0 Å². The highest BCUT2D eigenvalue weighted by atomic mass is 16.5. The maximum atomic E-state index is 12.0. The fraction of sp³-hybridized carbons (Fsp3) is 0.400. The lowest BCUT2D eigenvalue weighted by Gasteiger charge is -2.21. The van der Waals surface area contributed by atoms with Crippen LogP contribution in [0.4, 0.5) is 0 Å². The third-order valence-corrected chi connectivity index (χ3v) is 3.51. The number of carbonyl (C=O) groups is 1. The second-order valence-corrected chi connectivity index (χ2v) is 4.95. The van der Waals surface area contributed by atoms with Crippen molar-refractivity contribution in [3.8, 4) is 0 Å². The lowest BCUT2D eigenvalue weighted by atomic mass is 10.0. The predicted molar refractivity (Wildman–Crippen MR) is 73.4 cm³/mol. The van der Waals surface area contributed by atoms with Crippen LogP contribution in [-0.2, 0) is 9.47 Å². The van der Waals surface area contributed by atoms with Gasteiger partial charge >= 0.3 is 5.97 Å². The van der Waals surface area contributed by atoms with Gasteiger partial charge in [-0.2, -0.15) is 0 Å². The van der Waals surface area contributed by atoms with Gasteiger partial charge in [-0.1, -0.05) is 0 Å². The Morgan fingerprint density at radius 3 is 3.05 bits per heavy atom. The molecule has 2 aromatic rings. The molecule has 0 atom stereocenters. The van der Waals surface area contributed by atoms with Crippen molar-refractivity contribution in [2.75, 3.05) is 19.8 Å². The monoisotopic (exact) mass is 272 g/mol. The summed E-state index contributed by atoms with van der Waals surface area (Å²) in [6, 6.07) is 3.62. The molecule has 3 heterocycles. The van der Waals surface area contributed by atoms with Gasteiger partial charge in [-0.05, 0) is 30.9 Å². The molecule has 104 valence electrons. The van der Waals surface area contributed by atoms with Crippen molar-refractivity contribution < 1.29 is 14.3 Å². The van der Waals surface area contributed by atoms with Gasteiger partial charge in [0, 0.05) is 31.0 Å². The number of rotatable bonds is 3. The quantitative estimate of drug-likeness (QED) is 0.802. The van der Waals surface area contributed by atoms with Gasteiger partial charge in [0.05, 0.1) is 23.9 Å². The number of aromatic nitrogens is 2. The minimum Gasteiger partial charge on any atom is -0.462 e. The summed E-state index contributed by atoms with van der Waals surface area (Å²) in [5.41, 5.74) is 1.25. The molecule has 0 aromatic carbocycles. The molecule has 0 saturated carbocycles. The van der Waals surface area contributed by atoms with Gasteiger partial charge in [0.25, 0.3) is 0 Å². The van der Waals surface area contributed by atoms with Crippen LogP contribution in [0.5, 0.6) is 0 Å². The van der Waals surface area contributed by atoms with Gasteiger partial charge in [-0.3, -0.25) is 9.97 Å². The molecule has 0 amide bonds. The van der Waals surface area contributed by atoms with Crippen molar-refractivity contribution in [3.05, 3.63) is 36.3 Å². The van der Waals surface area contributed by atoms with E-state index in [9.17, 15) is 4.79 Å². The Kier molecular flexibility index (Phi) is 3.87. The third kappa shape index (κ3) is 2.93. The zero-order valence-corrected chi connectivity index (χ0v) is 11.1. The van der Waals surface area contributed by atoms with Crippen LogP contribution in [0.15, 0.2) is 30.7 Å². The van der Waals surface area contributed by atoms with E-state index in [4.69, 9.17) is 9.47 Å². The Labute approximate surface area is 116 Å². The normalized spacial score (nSPS) is 16.2. The Bertz CT molecular complexity index is 609. The largest absolute Gasteiger partial charge is 0.462 e. The first-order valence-corrected chi connectivity index (χ1v) is 6.77. The van der Waals surface area contributed by atoms with Gasteiger partial charge in [0.15, 0.2) is 0 Å². The molecule has 5 nitrogen and oxygen atoms in total. The number of ether oxygens (including phenoxy) is 2. The Morgan fingerprint density at radius 1 is 1.35 bits per heavy atom. The van der Waals surface area contributed by atoms with Crippen molar-refractivity contribution in [1.29, 1.82) is 0 Å². The topological polar surface area (TPSA) is 61.3 Å². The summed E-state index contributed by atoms with van der Waals surface area (Å²) in [5, 5.41) is 0.889. The zero-order chi connectivity index (χ0) is 13.8. The van der Waals surface area contributed by atoms with E-state index in [0.717, 1.165) is 37.0 Å². The highest BCUT2D eigenvalue weighted by Gasteiger charge is 2.17. The van der Waals surface area contributed by atoms with E-state index < -0.39 is 0 Å². The van der Waals surface area contributed by atoms with Crippen LogP contribution in [0.3, 0.4) is 0 Å². The van der Waals surface area contributed by atoms with Gasteiger partial charge in [-0.25, -0.2) is 4.79 Å². The number of hydrogen-bond acceptors (Lipinski definition) is 5. The van der Waals surface area contributed by atoms with Crippen LogP contribution in [0.2, 0.25) is 0 Å². The Morgan fingerprint density at radius 2 is 2.20 bits per heavy atom. The van der Waals surface area contributed by atoms with E-state index in [2.05, 4.69) is 9.97 Å². The number of pyridine rings is 2. The minimum atomic E-state index is -0.317. The van der Waals surface area contributed by atoms with Crippen LogP contribution in [0.1, 0.15) is 23.2 Å². The number of carbonyl (C=O) groups excluding carboxylic acids is 1. The molecule has 1 fully saturated rings. The van der Waals surface area contributed by atoms with Crippen molar-refractivity contribution >= 4 is 16.9 Å². The fourth-order valence-corrected chi connectivity index (χ4v) is 2.27. The van der Waals surface area contributed by atoms with Crippen molar-refractivity contribution in [2.24, 2.45) is 5.92 Å². The van der Waals surface area contributed by atoms with Crippen LogP contribution < -0.4 is 0 Å². The van der Waals surface area contributed by atoms with E-state index in [1.54, 1.807) is 18.5 Å². The van der Waals surface area contributed by atoms with Crippen molar-refractivity contribution in [2.45, 2.75) is 12.8 Å². The number of fused-ring (bicyclic) bond motifs is 1. The van der Waals surface area contributed by atoms with Gasteiger partial charge in [-0.15, -0.1) is 0 Å². The molecular formula is C15H16N2O3. The number of hydrogen-bond donors (Lipinski definition) is 0. The molecule has 3 rings (SSSR count). The molecule has 0 N–H and O–H groups in total. The molecule has 0 bridgehead atoms. The van der Waals surface area contributed by atoms with Crippen molar-refractivity contribution in [3.63, 3.8) is 0 Å². The van der Waals surface area contributed by atoms with E-state index in [0.29, 0.717) is 18.1 Å². The first-order chi connectivity index (χ1) is 9.83. The summed E-state index contributed by atoms with van der Waals surface area (Å²) in [4.78, 5) is 20.2. The molecule has 20 heavy (non-hydrogen) atoms. The first kappa shape index (κ1) is 13.0. The van der Waals surface area contributed by atoms with E-state index in [-0.39, 0.29) is 5.97 Å². The summed E-state index contributed by atoms with van der Waals surface area (Å²) in [6.45, 7) is 1.97. The molecule has 0 spiro atoms. The molecule has 5 heteroatoms. The molecule has 0 radical (unpaired) electrons. The Hall–Kier alpha value is -2.01. The first-order valence-electron chi connectivity index (χ1n) is 6.77. The zero-order valence-electron chi connectivity index (χ0n) is 11.1. The predicted octanol–water partition coefficient (Wildman–Crippen LogP) is 2.21. The van der Waals surface area contributed by atoms with Crippen LogP contribution in [0, 0.1) is 5.92 Å². The maximum Gasteiger partial charge on any atom is 0.339 e. The second kappa shape index (κ2) is 5.96. The Balaban J connectivity index is 1.65. The third-order valence-electron chi connectivity index (χ3n) is 3.51. The fourth-order valence-electron chi connectivity index (χ4n) is 2.27. The number of esters is 1. The maximum absolute atomic E-state index is 12.0. The molecule has 0 unspecified atom stereocenters. The lowest BCUT2D eigenvalue weighted by molar-refractivity contribution is 0.0185. The van der Waals surface area contributed by atoms with Gasteiger partial charge < -0.3 is 9.47 Å². The standard InChI is InChI=1S/C15H16N2O3/c18-15(20-10-11-2-5-19-6-3-11)13-7-12-1-4-16-9-14(12)17-8-13/h1,4,7-9,11H,2-3,5-6,10H2. The van der Waals surface area contributed by atoms with Crippen molar-refractivity contribution in [1.82, 2.24) is 9.97 Å². The minimum absolute atomic E-state index is 0.317. The smallest absolute Gasteiger partial charge is 0.339 e. The molecule has 2 aromatic heterocycles. The molecule has 1 aliphatic heterocycles. The van der Waals surface area contributed by atoms with E-state index >= 15 is 0 Å². The molecule has 1 saturated heterocycles. The lowest BCUT2D eigenvalue weighted by Crippen LogP contribution is -2.22. The average Bonchev–Trinajstić information content (AvgIpc) is 2.53. The second-order valence-electron chi connectivity index (χ2n) is 4.95. The molecule has 1 aliphatic rings. The highest BCUT2D eigenvalue weighted by Crippen LogP contribution is 2.16. The van der Waals surface area contributed by atoms with Gasteiger partial charge in [0.2, 0.25) is 0 Å². The summed E-state index contributed by atoms with van der Waals surface area (Å²) < 4.78 is 10.6. The van der Waals surface area contributed by atoms with E-state index in [1.165, 1.54) is 6.20 Å². The average molecular weight is 272 g/mol. The number of nitrogens with zero attached hydrogens (tertiary/aromatic N) is 2. The van der Waals surface area contributed by atoms with E-state index in [1.807, 2.05) is 6.07 Å². The molecule has 0 aliphatic carbocycles. The molecular weight excluding hydrogens is 256 g/mol.